The maximum Gasteiger partial charge on any atom is 0.330 e. The van der Waals surface area contributed by atoms with E-state index in [1.807, 2.05) is 27.7 Å². The molecule has 0 radical (unpaired) electrons. The van der Waals surface area contributed by atoms with Crippen molar-refractivity contribution in [1.29, 1.82) is 0 Å². The molecule has 0 saturated heterocycles. The standard InChI is InChI=1S/C31H59NO5/c1-9-11-13-14-15-16-17-18-19-20-26(3)36-25-31(7,8)24-32-29(6)30(33)37-28(5)23-35-27(4)22-34-21-12-10-2/h24,27-29H,3,9-23,25H2,1-2,4-8H3. The van der Waals surface area contributed by atoms with E-state index in [0.717, 1.165) is 38.0 Å². The van der Waals surface area contributed by atoms with E-state index in [4.69, 9.17) is 18.9 Å². The second kappa shape index (κ2) is 22.6. The summed E-state index contributed by atoms with van der Waals surface area (Å²) in [6.45, 7) is 20.2. The number of hydrogen-bond donors (Lipinski definition) is 0. The highest BCUT2D eigenvalue weighted by atomic mass is 16.6. The zero-order chi connectivity index (χ0) is 27.9. The van der Waals surface area contributed by atoms with Crippen molar-refractivity contribution in [1.82, 2.24) is 0 Å². The lowest BCUT2D eigenvalue weighted by molar-refractivity contribution is -0.153. The molecule has 37 heavy (non-hydrogen) atoms. The first kappa shape index (κ1) is 35.6. The summed E-state index contributed by atoms with van der Waals surface area (Å²) in [5.74, 6) is 0.474. The van der Waals surface area contributed by atoms with Gasteiger partial charge in [-0.05, 0) is 33.6 Å². The molecule has 0 aliphatic rings. The fourth-order valence-electron chi connectivity index (χ4n) is 3.58. The number of aliphatic imine (C=N–C) groups is 1. The third-order valence-corrected chi connectivity index (χ3v) is 6.12. The maximum atomic E-state index is 12.4. The topological polar surface area (TPSA) is 66.4 Å². The molecule has 218 valence electrons. The van der Waals surface area contributed by atoms with Crippen LogP contribution in [0.1, 0.15) is 126 Å². The SMILES string of the molecule is C=C(CCCCCCCCCCC)OCC(C)(C)C=NC(C)C(=O)OC(C)COC(C)COCCCC. The van der Waals surface area contributed by atoms with Crippen molar-refractivity contribution < 1.29 is 23.7 Å². The maximum absolute atomic E-state index is 12.4. The number of nitrogens with zero attached hydrogens (tertiary/aromatic N) is 1. The van der Waals surface area contributed by atoms with Crippen LogP contribution in [0.3, 0.4) is 0 Å². The molecule has 0 bridgehead atoms. The molecule has 0 N–H and O–H groups in total. The zero-order valence-corrected chi connectivity index (χ0v) is 25.3. The van der Waals surface area contributed by atoms with Crippen LogP contribution in [0.25, 0.3) is 0 Å². The molecule has 0 spiro atoms. The Morgan fingerprint density at radius 2 is 1.46 bits per heavy atom. The Hall–Kier alpha value is -1.40. The van der Waals surface area contributed by atoms with Crippen molar-refractivity contribution in [2.75, 3.05) is 26.4 Å². The molecule has 0 fully saturated rings. The van der Waals surface area contributed by atoms with Crippen LogP contribution in [0.2, 0.25) is 0 Å². The third kappa shape index (κ3) is 22.3. The van der Waals surface area contributed by atoms with Gasteiger partial charge < -0.3 is 18.9 Å². The molecule has 0 aromatic rings. The van der Waals surface area contributed by atoms with Gasteiger partial charge in [-0.25, -0.2) is 4.79 Å². The van der Waals surface area contributed by atoms with E-state index in [-0.39, 0.29) is 23.6 Å². The van der Waals surface area contributed by atoms with Gasteiger partial charge in [-0.3, -0.25) is 4.99 Å². The van der Waals surface area contributed by atoms with Crippen molar-refractivity contribution in [3.8, 4) is 0 Å². The van der Waals surface area contributed by atoms with Crippen LogP contribution in [0.4, 0.5) is 0 Å². The van der Waals surface area contributed by atoms with E-state index in [1.165, 1.54) is 51.4 Å². The van der Waals surface area contributed by atoms with Gasteiger partial charge in [0.2, 0.25) is 0 Å². The second-order valence-corrected chi connectivity index (χ2v) is 11.2. The molecular formula is C31H59NO5. The molecule has 0 heterocycles. The number of rotatable bonds is 25. The molecule has 0 aromatic heterocycles. The first-order valence-electron chi connectivity index (χ1n) is 14.9. The monoisotopic (exact) mass is 525 g/mol. The van der Waals surface area contributed by atoms with E-state index in [0.29, 0.717) is 19.8 Å². The van der Waals surface area contributed by atoms with Crippen LogP contribution in [0.15, 0.2) is 17.3 Å². The fourth-order valence-corrected chi connectivity index (χ4v) is 3.58. The Labute approximate surface area is 229 Å². The van der Waals surface area contributed by atoms with Gasteiger partial charge in [0.1, 0.15) is 12.1 Å². The highest BCUT2D eigenvalue weighted by Crippen LogP contribution is 2.18. The molecule has 3 unspecified atom stereocenters. The van der Waals surface area contributed by atoms with E-state index in [1.54, 1.807) is 13.1 Å². The number of carbonyl (C=O) groups excluding carboxylic acids is 1. The van der Waals surface area contributed by atoms with Crippen LogP contribution in [-0.4, -0.2) is 56.9 Å². The molecule has 3 atom stereocenters. The third-order valence-electron chi connectivity index (χ3n) is 6.12. The Morgan fingerprint density at radius 1 is 0.865 bits per heavy atom. The predicted molar refractivity (Wildman–Crippen MR) is 155 cm³/mol. The lowest BCUT2D eigenvalue weighted by Gasteiger charge is -2.22. The van der Waals surface area contributed by atoms with Gasteiger partial charge in [0.05, 0.1) is 31.7 Å². The van der Waals surface area contributed by atoms with Crippen molar-refractivity contribution in [2.45, 2.75) is 144 Å². The van der Waals surface area contributed by atoms with E-state index in [9.17, 15) is 4.79 Å². The number of carbonyl (C=O) groups is 1. The van der Waals surface area contributed by atoms with E-state index in [2.05, 4.69) is 25.4 Å². The molecule has 6 heteroatoms. The molecule has 0 aliphatic heterocycles. The zero-order valence-electron chi connectivity index (χ0n) is 25.3. The summed E-state index contributed by atoms with van der Waals surface area (Å²) in [6.07, 6.45) is 16.2. The van der Waals surface area contributed by atoms with Gasteiger partial charge in [-0.15, -0.1) is 0 Å². The largest absolute Gasteiger partial charge is 0.498 e. The van der Waals surface area contributed by atoms with Crippen molar-refractivity contribution in [2.24, 2.45) is 10.4 Å². The second-order valence-electron chi connectivity index (χ2n) is 11.2. The van der Waals surface area contributed by atoms with Gasteiger partial charge in [-0.2, -0.15) is 0 Å². The lowest BCUT2D eigenvalue weighted by atomic mass is 9.96. The van der Waals surface area contributed by atoms with Crippen molar-refractivity contribution >= 4 is 12.2 Å². The lowest BCUT2D eigenvalue weighted by Crippen LogP contribution is -2.29. The summed E-state index contributed by atoms with van der Waals surface area (Å²) in [4.78, 5) is 16.9. The first-order chi connectivity index (χ1) is 17.6. The minimum atomic E-state index is -0.582. The summed E-state index contributed by atoms with van der Waals surface area (Å²) in [6, 6.07) is -0.582. The van der Waals surface area contributed by atoms with Gasteiger partial charge >= 0.3 is 5.97 Å². The van der Waals surface area contributed by atoms with Gasteiger partial charge in [0, 0.05) is 24.7 Å². The average molecular weight is 526 g/mol. The van der Waals surface area contributed by atoms with Crippen LogP contribution in [0.5, 0.6) is 0 Å². The number of esters is 1. The van der Waals surface area contributed by atoms with Crippen LogP contribution >= 0.6 is 0 Å². The molecule has 0 aliphatic carbocycles. The first-order valence-corrected chi connectivity index (χ1v) is 14.9. The Morgan fingerprint density at radius 3 is 2.08 bits per heavy atom. The number of hydrogen-bond acceptors (Lipinski definition) is 6. The summed E-state index contributed by atoms with van der Waals surface area (Å²) in [5.41, 5.74) is -0.308. The molecular weight excluding hydrogens is 466 g/mol. The van der Waals surface area contributed by atoms with Crippen LogP contribution in [-0.2, 0) is 23.7 Å². The fraction of sp³-hybridized carbons (Fsp3) is 0.871. The normalized spacial score (nSPS) is 14.5. The smallest absolute Gasteiger partial charge is 0.330 e. The average Bonchev–Trinajstić information content (AvgIpc) is 2.86. The summed E-state index contributed by atoms with van der Waals surface area (Å²) in [7, 11) is 0. The Kier molecular flexibility index (Phi) is 21.7. The number of allylic oxidation sites excluding steroid dienone is 1. The Bertz CT molecular complexity index is 604. The van der Waals surface area contributed by atoms with Crippen LogP contribution in [0, 0.1) is 5.41 Å². The minimum Gasteiger partial charge on any atom is -0.498 e. The summed E-state index contributed by atoms with van der Waals surface area (Å²) >= 11 is 0. The number of unbranched alkanes of at least 4 members (excludes halogenated alkanes) is 9. The quantitative estimate of drug-likeness (QED) is 0.0521. The molecule has 0 aromatic carbocycles. The summed E-state index contributed by atoms with van der Waals surface area (Å²) in [5, 5.41) is 0. The molecule has 0 rings (SSSR count). The Balaban J connectivity index is 4.09. The summed E-state index contributed by atoms with van der Waals surface area (Å²) < 4.78 is 22.7. The highest BCUT2D eigenvalue weighted by molar-refractivity contribution is 5.78. The van der Waals surface area contributed by atoms with Gasteiger partial charge in [-0.1, -0.05) is 92.1 Å². The molecule has 0 saturated carbocycles. The van der Waals surface area contributed by atoms with Gasteiger partial charge in [0.25, 0.3) is 0 Å². The molecule has 6 nitrogen and oxygen atoms in total. The van der Waals surface area contributed by atoms with E-state index < -0.39 is 6.04 Å². The van der Waals surface area contributed by atoms with E-state index >= 15 is 0 Å². The van der Waals surface area contributed by atoms with Crippen LogP contribution < -0.4 is 0 Å². The minimum absolute atomic E-state index is 0.0377. The molecule has 0 amide bonds. The predicted octanol–water partition coefficient (Wildman–Crippen LogP) is 8.08. The van der Waals surface area contributed by atoms with Crippen molar-refractivity contribution in [3.63, 3.8) is 0 Å². The number of ether oxygens (including phenoxy) is 4. The van der Waals surface area contributed by atoms with Crippen molar-refractivity contribution in [3.05, 3.63) is 12.3 Å². The van der Waals surface area contributed by atoms with Gasteiger partial charge in [0.15, 0.2) is 0 Å². The highest BCUT2D eigenvalue weighted by Gasteiger charge is 2.21.